The third-order valence-corrected chi connectivity index (χ3v) is 4.32. The van der Waals surface area contributed by atoms with Gasteiger partial charge in [0.2, 0.25) is 0 Å². The van der Waals surface area contributed by atoms with Crippen molar-refractivity contribution in [2.45, 2.75) is 18.3 Å². The van der Waals surface area contributed by atoms with Gasteiger partial charge in [0.25, 0.3) is 5.91 Å². The van der Waals surface area contributed by atoms with E-state index in [0.29, 0.717) is 5.75 Å². The molecule has 5 heteroatoms. The highest BCUT2D eigenvalue weighted by molar-refractivity contribution is 7.99. The molecule has 1 aliphatic heterocycles. The average molecular weight is 289 g/mol. The van der Waals surface area contributed by atoms with Crippen molar-refractivity contribution in [3.63, 3.8) is 0 Å². The van der Waals surface area contributed by atoms with Gasteiger partial charge in [-0.3, -0.25) is 4.79 Å². The van der Waals surface area contributed by atoms with E-state index in [4.69, 9.17) is 11.2 Å². The number of terminal acetylenes is 1. The van der Waals surface area contributed by atoms with Crippen molar-refractivity contribution in [2.75, 3.05) is 12.4 Å². The molecule has 2 atom stereocenters. The van der Waals surface area contributed by atoms with Crippen LogP contribution in [-0.4, -0.2) is 35.2 Å². The third-order valence-electron chi connectivity index (χ3n) is 3.00. The molecule has 1 aromatic carbocycles. The van der Waals surface area contributed by atoms with Crippen LogP contribution in [0, 0.1) is 12.3 Å². The Morgan fingerprint density at radius 3 is 2.75 bits per heavy atom. The highest BCUT2D eigenvalue weighted by Gasteiger charge is 2.42. The summed E-state index contributed by atoms with van der Waals surface area (Å²) in [4.78, 5) is 25.4. The minimum absolute atomic E-state index is 0.242. The van der Waals surface area contributed by atoms with Crippen molar-refractivity contribution in [1.29, 1.82) is 0 Å². The molecule has 0 N–H and O–H groups in total. The van der Waals surface area contributed by atoms with Gasteiger partial charge in [0.1, 0.15) is 11.4 Å². The summed E-state index contributed by atoms with van der Waals surface area (Å²) >= 11 is 1.52. The number of benzene rings is 1. The number of amides is 1. The number of ether oxygens (including phenoxy) is 1. The van der Waals surface area contributed by atoms with Crippen molar-refractivity contribution in [1.82, 2.24) is 4.90 Å². The molecule has 1 fully saturated rings. The van der Waals surface area contributed by atoms with Gasteiger partial charge in [0, 0.05) is 5.75 Å². The summed E-state index contributed by atoms with van der Waals surface area (Å²) in [6.45, 7) is 2.02. The molecular weight excluding hydrogens is 274 g/mol. The fourth-order valence-electron chi connectivity index (χ4n) is 2.12. The monoisotopic (exact) mass is 289 g/mol. The Bertz CT molecular complexity index is 538. The van der Waals surface area contributed by atoms with Crippen LogP contribution >= 0.6 is 11.8 Å². The molecule has 20 heavy (non-hydrogen) atoms. The Hall–Kier alpha value is -1.93. The lowest BCUT2D eigenvalue weighted by molar-refractivity contribution is -0.152. The van der Waals surface area contributed by atoms with Crippen LogP contribution in [0.15, 0.2) is 30.3 Å². The maximum atomic E-state index is 12.0. The maximum Gasteiger partial charge on any atom is 0.329 e. The molecule has 0 spiro atoms. The standard InChI is InChI=1S/C15H15NO3S/c1-3-13(17)16-12(15(18)19-4-2)10-20-14(16)11-8-6-5-7-9-11/h1,5-9,12,14H,4,10H2,2H3/t12-,14?/m1/s1. The zero-order valence-corrected chi connectivity index (χ0v) is 11.9. The lowest BCUT2D eigenvalue weighted by Crippen LogP contribution is -2.43. The number of thioether (sulfide) groups is 1. The summed E-state index contributed by atoms with van der Waals surface area (Å²) < 4.78 is 5.02. The van der Waals surface area contributed by atoms with Gasteiger partial charge >= 0.3 is 5.97 Å². The number of hydrogen-bond acceptors (Lipinski definition) is 4. The van der Waals surface area contributed by atoms with Crippen LogP contribution in [0.2, 0.25) is 0 Å². The van der Waals surface area contributed by atoms with E-state index in [0.717, 1.165) is 5.56 Å². The fourth-order valence-corrected chi connectivity index (χ4v) is 3.54. The summed E-state index contributed by atoms with van der Waals surface area (Å²) in [6.07, 6.45) is 5.23. The minimum atomic E-state index is -0.617. The number of carbonyl (C=O) groups excluding carboxylic acids is 2. The molecule has 1 heterocycles. The Morgan fingerprint density at radius 2 is 2.15 bits per heavy atom. The molecular formula is C15H15NO3S. The van der Waals surface area contributed by atoms with Crippen LogP contribution in [-0.2, 0) is 14.3 Å². The summed E-state index contributed by atoms with van der Waals surface area (Å²) in [5, 5.41) is -0.242. The molecule has 0 bridgehead atoms. The molecule has 0 saturated carbocycles. The molecule has 1 saturated heterocycles. The molecule has 1 unspecified atom stereocenters. The van der Waals surface area contributed by atoms with Gasteiger partial charge in [-0.2, -0.15) is 0 Å². The van der Waals surface area contributed by atoms with Crippen molar-refractivity contribution >= 4 is 23.6 Å². The number of carbonyl (C=O) groups is 2. The quantitative estimate of drug-likeness (QED) is 0.629. The average Bonchev–Trinajstić information content (AvgIpc) is 2.92. The smallest absolute Gasteiger partial charge is 0.329 e. The van der Waals surface area contributed by atoms with Crippen LogP contribution in [0.25, 0.3) is 0 Å². The van der Waals surface area contributed by atoms with E-state index in [1.54, 1.807) is 6.92 Å². The number of rotatable bonds is 3. The topological polar surface area (TPSA) is 46.6 Å². The Balaban J connectivity index is 2.29. The second kappa shape index (κ2) is 6.49. The zero-order valence-electron chi connectivity index (χ0n) is 11.1. The van der Waals surface area contributed by atoms with E-state index in [1.165, 1.54) is 16.7 Å². The van der Waals surface area contributed by atoms with E-state index in [1.807, 2.05) is 30.3 Å². The van der Waals surface area contributed by atoms with Gasteiger partial charge in [-0.15, -0.1) is 18.2 Å². The molecule has 104 valence electrons. The normalized spacial score (nSPS) is 21.3. The Labute approximate surface area is 122 Å². The first-order valence-electron chi connectivity index (χ1n) is 6.31. The maximum absolute atomic E-state index is 12.0. The van der Waals surface area contributed by atoms with E-state index in [2.05, 4.69) is 5.92 Å². The summed E-state index contributed by atoms with van der Waals surface area (Å²) in [5.74, 6) is 1.71. The highest BCUT2D eigenvalue weighted by atomic mass is 32.2. The molecule has 4 nitrogen and oxygen atoms in total. The minimum Gasteiger partial charge on any atom is -0.464 e. The van der Waals surface area contributed by atoms with Crippen molar-refractivity contribution in [3.8, 4) is 12.3 Å². The lowest BCUT2D eigenvalue weighted by atomic mass is 10.1. The van der Waals surface area contributed by atoms with Crippen LogP contribution < -0.4 is 0 Å². The first-order chi connectivity index (χ1) is 9.69. The number of esters is 1. The Kier molecular flexibility index (Phi) is 4.70. The first-order valence-corrected chi connectivity index (χ1v) is 7.36. The summed E-state index contributed by atoms with van der Waals surface area (Å²) in [5.41, 5.74) is 0.952. The summed E-state index contributed by atoms with van der Waals surface area (Å²) in [6, 6.07) is 8.91. The molecule has 1 aromatic rings. The van der Waals surface area contributed by atoms with Crippen molar-refractivity contribution < 1.29 is 14.3 Å². The van der Waals surface area contributed by atoms with E-state index in [-0.39, 0.29) is 12.0 Å². The molecule has 0 radical (unpaired) electrons. The predicted molar refractivity (Wildman–Crippen MR) is 77.7 cm³/mol. The van der Waals surface area contributed by atoms with E-state index < -0.39 is 17.9 Å². The zero-order chi connectivity index (χ0) is 14.5. The number of hydrogen-bond donors (Lipinski definition) is 0. The van der Waals surface area contributed by atoms with Gasteiger partial charge < -0.3 is 9.64 Å². The summed E-state index contributed by atoms with van der Waals surface area (Å²) in [7, 11) is 0. The van der Waals surface area contributed by atoms with E-state index in [9.17, 15) is 9.59 Å². The largest absolute Gasteiger partial charge is 0.464 e. The lowest BCUT2D eigenvalue weighted by Gasteiger charge is -2.26. The SMILES string of the molecule is C#CC(=O)N1C(c2ccccc2)SC[C@@H]1C(=O)OCC. The van der Waals surface area contributed by atoms with Crippen molar-refractivity contribution in [2.24, 2.45) is 0 Å². The van der Waals surface area contributed by atoms with Gasteiger partial charge in [-0.1, -0.05) is 30.3 Å². The van der Waals surface area contributed by atoms with Gasteiger partial charge in [-0.05, 0) is 18.4 Å². The molecule has 2 rings (SSSR count). The van der Waals surface area contributed by atoms with Gasteiger partial charge in [0.05, 0.1) is 6.61 Å². The van der Waals surface area contributed by atoms with Crippen molar-refractivity contribution in [3.05, 3.63) is 35.9 Å². The second-order valence-electron chi connectivity index (χ2n) is 4.22. The number of nitrogens with zero attached hydrogens (tertiary/aromatic N) is 1. The third kappa shape index (κ3) is 2.81. The molecule has 0 aromatic heterocycles. The van der Waals surface area contributed by atoms with E-state index >= 15 is 0 Å². The second-order valence-corrected chi connectivity index (χ2v) is 5.33. The fraction of sp³-hybridized carbons (Fsp3) is 0.333. The molecule has 1 amide bonds. The highest BCUT2D eigenvalue weighted by Crippen LogP contribution is 2.41. The van der Waals surface area contributed by atoms with Crippen LogP contribution in [0.4, 0.5) is 0 Å². The van der Waals surface area contributed by atoms with Crippen LogP contribution in [0.3, 0.4) is 0 Å². The Morgan fingerprint density at radius 1 is 1.45 bits per heavy atom. The van der Waals surface area contributed by atoms with Gasteiger partial charge in [0.15, 0.2) is 0 Å². The molecule has 0 aliphatic carbocycles. The van der Waals surface area contributed by atoms with Crippen LogP contribution in [0.1, 0.15) is 17.9 Å². The predicted octanol–water partition coefficient (Wildman–Crippen LogP) is 1.83. The first kappa shape index (κ1) is 14.5. The van der Waals surface area contributed by atoms with Gasteiger partial charge in [-0.25, -0.2) is 4.79 Å². The van der Waals surface area contributed by atoms with Crippen LogP contribution in [0.5, 0.6) is 0 Å². The molecule has 1 aliphatic rings.